The quantitative estimate of drug-likeness (QED) is 0.777. The molecule has 17 heavy (non-hydrogen) atoms. The second kappa shape index (κ2) is 5.49. The van der Waals surface area contributed by atoms with Crippen molar-refractivity contribution in [2.24, 2.45) is 5.92 Å². The van der Waals surface area contributed by atoms with E-state index in [2.05, 4.69) is 6.07 Å². The maximum atomic E-state index is 12.1. The highest BCUT2D eigenvalue weighted by Crippen LogP contribution is 2.33. The van der Waals surface area contributed by atoms with Crippen molar-refractivity contribution in [1.82, 2.24) is 0 Å². The molecule has 0 heterocycles. The van der Waals surface area contributed by atoms with Gasteiger partial charge in [-0.25, -0.2) is 0 Å². The zero-order valence-corrected chi connectivity index (χ0v) is 9.80. The van der Waals surface area contributed by atoms with Crippen LogP contribution in [0.3, 0.4) is 0 Å². The van der Waals surface area contributed by atoms with E-state index in [1.165, 1.54) is 12.8 Å². The first kappa shape index (κ1) is 11.7. The number of carbonyl (C=O) groups excluding carboxylic acids is 1. The zero-order chi connectivity index (χ0) is 12.1. The SMILES string of the molecule is N#CCCN(C(=O)CC1CC1)c1ccccc1. The van der Waals surface area contributed by atoms with E-state index < -0.39 is 0 Å². The Balaban J connectivity index is 2.06. The Kier molecular flexibility index (Phi) is 3.77. The van der Waals surface area contributed by atoms with E-state index in [1.807, 2.05) is 30.3 Å². The highest BCUT2D eigenvalue weighted by molar-refractivity contribution is 5.93. The fourth-order valence-corrected chi connectivity index (χ4v) is 1.85. The van der Waals surface area contributed by atoms with Gasteiger partial charge in [-0.15, -0.1) is 0 Å². The van der Waals surface area contributed by atoms with E-state index in [0.717, 1.165) is 5.69 Å². The summed E-state index contributed by atoms with van der Waals surface area (Å²) in [7, 11) is 0. The molecule has 1 aromatic rings. The Morgan fingerprint density at radius 3 is 2.65 bits per heavy atom. The van der Waals surface area contributed by atoms with Crippen molar-refractivity contribution in [2.45, 2.75) is 25.7 Å². The van der Waals surface area contributed by atoms with Gasteiger partial charge < -0.3 is 4.90 Å². The Hall–Kier alpha value is -1.82. The van der Waals surface area contributed by atoms with Crippen LogP contribution in [0, 0.1) is 17.2 Å². The van der Waals surface area contributed by atoms with Crippen LogP contribution in [-0.4, -0.2) is 12.5 Å². The van der Waals surface area contributed by atoms with Crippen LogP contribution in [0.1, 0.15) is 25.7 Å². The number of nitriles is 1. The van der Waals surface area contributed by atoms with Crippen molar-refractivity contribution in [3.63, 3.8) is 0 Å². The van der Waals surface area contributed by atoms with Gasteiger partial charge in [0, 0.05) is 18.7 Å². The van der Waals surface area contributed by atoms with Gasteiger partial charge in [0.2, 0.25) is 5.91 Å². The summed E-state index contributed by atoms with van der Waals surface area (Å²) in [6, 6.07) is 11.7. The summed E-state index contributed by atoms with van der Waals surface area (Å²) < 4.78 is 0. The summed E-state index contributed by atoms with van der Waals surface area (Å²) in [5, 5.41) is 8.65. The van der Waals surface area contributed by atoms with E-state index >= 15 is 0 Å². The molecule has 1 saturated carbocycles. The fraction of sp³-hybridized carbons (Fsp3) is 0.429. The molecule has 0 radical (unpaired) electrons. The fourth-order valence-electron chi connectivity index (χ4n) is 1.85. The van der Waals surface area contributed by atoms with E-state index in [4.69, 9.17) is 5.26 Å². The van der Waals surface area contributed by atoms with Crippen LogP contribution in [0.25, 0.3) is 0 Å². The van der Waals surface area contributed by atoms with Gasteiger partial charge in [-0.3, -0.25) is 4.79 Å². The number of carbonyl (C=O) groups is 1. The van der Waals surface area contributed by atoms with Crippen LogP contribution < -0.4 is 4.90 Å². The van der Waals surface area contributed by atoms with Gasteiger partial charge in [0.1, 0.15) is 0 Å². The summed E-state index contributed by atoms with van der Waals surface area (Å²) in [6.45, 7) is 0.492. The van der Waals surface area contributed by atoms with Crippen molar-refractivity contribution in [3.05, 3.63) is 30.3 Å². The van der Waals surface area contributed by atoms with Gasteiger partial charge in [0.05, 0.1) is 12.5 Å². The van der Waals surface area contributed by atoms with Crippen molar-refractivity contribution < 1.29 is 4.79 Å². The molecule has 88 valence electrons. The Bertz CT molecular complexity index is 418. The molecule has 0 N–H and O–H groups in total. The largest absolute Gasteiger partial charge is 0.311 e. The second-order valence-corrected chi connectivity index (χ2v) is 4.44. The first-order valence-corrected chi connectivity index (χ1v) is 6.03. The number of para-hydroxylation sites is 1. The zero-order valence-electron chi connectivity index (χ0n) is 9.80. The molecule has 1 aromatic carbocycles. The van der Waals surface area contributed by atoms with Crippen LogP contribution in [0.5, 0.6) is 0 Å². The number of amides is 1. The standard InChI is InChI=1S/C14H16N2O/c15-9-4-10-16(13-5-2-1-3-6-13)14(17)11-12-7-8-12/h1-3,5-6,12H,4,7-8,10-11H2. The molecular weight excluding hydrogens is 212 g/mol. The number of hydrogen-bond donors (Lipinski definition) is 0. The molecule has 1 fully saturated rings. The molecule has 1 aliphatic carbocycles. The Morgan fingerprint density at radius 1 is 1.35 bits per heavy atom. The van der Waals surface area contributed by atoms with Crippen LogP contribution in [0.4, 0.5) is 5.69 Å². The third-order valence-electron chi connectivity index (χ3n) is 2.98. The first-order chi connectivity index (χ1) is 8.31. The maximum absolute atomic E-state index is 12.1. The van der Waals surface area contributed by atoms with Crippen LogP contribution >= 0.6 is 0 Å². The Labute approximate surface area is 102 Å². The predicted molar refractivity (Wildman–Crippen MR) is 66.4 cm³/mol. The molecule has 1 amide bonds. The predicted octanol–water partition coefficient (Wildman–Crippen LogP) is 2.73. The second-order valence-electron chi connectivity index (χ2n) is 4.44. The topological polar surface area (TPSA) is 44.1 Å². The molecule has 0 aromatic heterocycles. The summed E-state index contributed by atoms with van der Waals surface area (Å²) in [5.74, 6) is 0.727. The van der Waals surface area contributed by atoms with Crippen molar-refractivity contribution in [1.29, 1.82) is 5.26 Å². The number of benzene rings is 1. The minimum absolute atomic E-state index is 0.147. The van der Waals surface area contributed by atoms with Crippen molar-refractivity contribution in [3.8, 4) is 6.07 Å². The summed E-state index contributed by atoms with van der Waals surface area (Å²) >= 11 is 0. The molecule has 0 bridgehead atoms. The van der Waals surface area contributed by atoms with E-state index in [-0.39, 0.29) is 5.91 Å². The smallest absolute Gasteiger partial charge is 0.227 e. The third kappa shape index (κ3) is 3.32. The molecule has 3 nitrogen and oxygen atoms in total. The molecule has 1 aliphatic rings. The average molecular weight is 228 g/mol. The summed E-state index contributed by atoms with van der Waals surface area (Å²) in [5.41, 5.74) is 0.897. The molecular formula is C14H16N2O. The molecule has 0 unspecified atom stereocenters. The lowest BCUT2D eigenvalue weighted by Crippen LogP contribution is -2.31. The van der Waals surface area contributed by atoms with Gasteiger partial charge in [0.25, 0.3) is 0 Å². The van der Waals surface area contributed by atoms with E-state index in [9.17, 15) is 4.79 Å². The van der Waals surface area contributed by atoms with Crippen molar-refractivity contribution >= 4 is 11.6 Å². The minimum atomic E-state index is 0.147. The number of nitrogens with zero attached hydrogens (tertiary/aromatic N) is 2. The van der Waals surface area contributed by atoms with Gasteiger partial charge in [0.15, 0.2) is 0 Å². The van der Waals surface area contributed by atoms with Gasteiger partial charge in [-0.1, -0.05) is 18.2 Å². The lowest BCUT2D eigenvalue weighted by atomic mass is 10.2. The summed E-state index contributed by atoms with van der Waals surface area (Å²) in [6.07, 6.45) is 3.35. The lowest BCUT2D eigenvalue weighted by Gasteiger charge is -2.21. The van der Waals surface area contributed by atoms with Crippen LogP contribution in [0.2, 0.25) is 0 Å². The van der Waals surface area contributed by atoms with Gasteiger partial charge in [-0.05, 0) is 30.9 Å². The molecule has 3 heteroatoms. The van der Waals surface area contributed by atoms with Gasteiger partial charge in [-0.2, -0.15) is 5.26 Å². The number of hydrogen-bond acceptors (Lipinski definition) is 2. The highest BCUT2D eigenvalue weighted by Gasteiger charge is 2.27. The van der Waals surface area contributed by atoms with Crippen molar-refractivity contribution in [2.75, 3.05) is 11.4 Å². The molecule has 0 atom stereocenters. The molecule has 0 aliphatic heterocycles. The van der Waals surface area contributed by atoms with E-state index in [1.54, 1.807) is 4.90 Å². The Morgan fingerprint density at radius 2 is 2.06 bits per heavy atom. The third-order valence-corrected chi connectivity index (χ3v) is 2.98. The lowest BCUT2D eigenvalue weighted by molar-refractivity contribution is -0.118. The molecule has 2 rings (SSSR count). The van der Waals surface area contributed by atoms with E-state index in [0.29, 0.717) is 25.3 Å². The normalized spacial score (nSPS) is 14.1. The highest BCUT2D eigenvalue weighted by atomic mass is 16.2. The molecule has 0 saturated heterocycles. The summed E-state index contributed by atoms with van der Waals surface area (Å²) in [4.78, 5) is 13.9. The first-order valence-electron chi connectivity index (χ1n) is 6.03. The monoisotopic (exact) mass is 228 g/mol. The minimum Gasteiger partial charge on any atom is -0.311 e. The van der Waals surface area contributed by atoms with Crippen LogP contribution in [-0.2, 0) is 4.79 Å². The average Bonchev–Trinajstić information content (AvgIpc) is 3.15. The number of rotatable bonds is 5. The van der Waals surface area contributed by atoms with Crippen LogP contribution in [0.15, 0.2) is 30.3 Å². The number of anilines is 1. The van der Waals surface area contributed by atoms with Gasteiger partial charge >= 0.3 is 0 Å². The molecule has 0 spiro atoms. The maximum Gasteiger partial charge on any atom is 0.227 e.